The number of aromatic nitrogens is 2. The van der Waals surface area contributed by atoms with Crippen LogP contribution in [0.5, 0.6) is 0 Å². The lowest BCUT2D eigenvalue weighted by atomic mass is 10.2. The van der Waals surface area contributed by atoms with Gasteiger partial charge in [0, 0.05) is 29.2 Å². The average molecular weight is 434 g/mol. The molecule has 9 heteroatoms. The first-order chi connectivity index (χ1) is 13.9. The minimum absolute atomic E-state index is 0.221. The van der Waals surface area contributed by atoms with Crippen molar-refractivity contribution in [2.24, 2.45) is 0 Å². The Bertz CT molecular complexity index is 1070. The third-order valence-corrected chi connectivity index (χ3v) is 6.35. The maximum atomic E-state index is 12.5. The van der Waals surface area contributed by atoms with Crippen molar-refractivity contribution < 1.29 is 8.42 Å². The summed E-state index contributed by atoms with van der Waals surface area (Å²) in [4.78, 5) is 10.9. The molecular weight excluding hydrogens is 410 g/mol. The lowest BCUT2D eigenvalue weighted by Gasteiger charge is -2.18. The van der Waals surface area contributed by atoms with Gasteiger partial charge in [0.2, 0.25) is 10.0 Å². The zero-order valence-corrected chi connectivity index (χ0v) is 18.0. The summed E-state index contributed by atoms with van der Waals surface area (Å²) < 4.78 is 27.6. The van der Waals surface area contributed by atoms with Gasteiger partial charge in [0.1, 0.15) is 12.1 Å². The van der Waals surface area contributed by atoms with Gasteiger partial charge in [0.15, 0.2) is 0 Å². The predicted molar refractivity (Wildman–Crippen MR) is 117 cm³/mol. The van der Waals surface area contributed by atoms with Crippen LogP contribution in [0, 0.1) is 0 Å². The molecule has 0 atom stereocenters. The Hall–Kier alpha value is -2.26. The van der Waals surface area contributed by atoms with Crippen LogP contribution in [0.15, 0.2) is 53.7 Å². The molecule has 1 heterocycles. The third kappa shape index (κ3) is 5.42. The standard InChI is InChI=1S/C20H24ClN5O2S/c1-3-26(4-2)12-11-24-29(27,28)17-8-6-16(7-9-17)25-20-18-13-15(21)5-10-19(18)22-14-23-20/h5-10,13-14,24H,3-4,11-12H2,1-2H3,(H,22,23,25). The van der Waals surface area contributed by atoms with Gasteiger partial charge < -0.3 is 10.2 Å². The molecule has 0 amide bonds. The largest absolute Gasteiger partial charge is 0.340 e. The summed E-state index contributed by atoms with van der Waals surface area (Å²) in [6.07, 6.45) is 1.47. The molecule has 3 aromatic rings. The van der Waals surface area contributed by atoms with Crippen LogP contribution >= 0.6 is 11.6 Å². The zero-order valence-electron chi connectivity index (χ0n) is 16.4. The predicted octanol–water partition coefficient (Wildman–Crippen LogP) is 3.65. The molecule has 0 bridgehead atoms. The fourth-order valence-corrected chi connectivity index (χ4v) is 4.14. The van der Waals surface area contributed by atoms with Gasteiger partial charge in [-0.15, -0.1) is 0 Å². The first-order valence-corrected chi connectivity index (χ1v) is 11.3. The fourth-order valence-electron chi connectivity index (χ4n) is 2.94. The van der Waals surface area contributed by atoms with Crippen LogP contribution < -0.4 is 10.0 Å². The van der Waals surface area contributed by atoms with Gasteiger partial charge in [0.05, 0.1) is 10.4 Å². The Balaban J connectivity index is 1.71. The normalized spacial score (nSPS) is 11.9. The van der Waals surface area contributed by atoms with E-state index in [2.05, 4.69) is 38.8 Å². The maximum absolute atomic E-state index is 12.5. The Morgan fingerprint density at radius 1 is 1.03 bits per heavy atom. The number of nitrogens with one attached hydrogen (secondary N) is 2. The van der Waals surface area contributed by atoms with Gasteiger partial charge in [-0.25, -0.2) is 23.1 Å². The molecule has 2 N–H and O–H groups in total. The number of likely N-dealkylation sites (N-methyl/N-ethyl adjacent to an activating group) is 1. The summed E-state index contributed by atoms with van der Waals surface area (Å²) in [5.74, 6) is 0.602. The van der Waals surface area contributed by atoms with E-state index in [0.29, 0.717) is 29.6 Å². The monoisotopic (exact) mass is 433 g/mol. The SMILES string of the molecule is CCN(CC)CCNS(=O)(=O)c1ccc(Nc2ncnc3ccc(Cl)cc23)cc1. The molecule has 0 aliphatic carbocycles. The smallest absolute Gasteiger partial charge is 0.240 e. The summed E-state index contributed by atoms with van der Waals surface area (Å²) in [5.41, 5.74) is 1.48. The molecule has 7 nitrogen and oxygen atoms in total. The highest BCUT2D eigenvalue weighted by molar-refractivity contribution is 7.89. The van der Waals surface area contributed by atoms with Crippen molar-refractivity contribution in [2.45, 2.75) is 18.7 Å². The van der Waals surface area contributed by atoms with Crippen LogP contribution in [-0.2, 0) is 10.0 Å². The molecule has 1 aromatic heterocycles. The van der Waals surface area contributed by atoms with E-state index >= 15 is 0 Å². The zero-order chi connectivity index (χ0) is 20.9. The van der Waals surface area contributed by atoms with Crippen LogP contribution in [0.4, 0.5) is 11.5 Å². The molecule has 0 saturated heterocycles. The first-order valence-electron chi connectivity index (χ1n) is 9.42. The molecule has 0 unspecified atom stereocenters. The number of rotatable bonds is 9. The molecule has 0 spiro atoms. The number of hydrogen-bond donors (Lipinski definition) is 2. The van der Waals surface area contributed by atoms with E-state index in [4.69, 9.17) is 11.6 Å². The first kappa shape index (κ1) is 21.4. The number of sulfonamides is 1. The Labute approximate surface area is 176 Å². The number of halogens is 1. The molecule has 0 fully saturated rings. The molecule has 3 rings (SSSR count). The van der Waals surface area contributed by atoms with E-state index in [0.717, 1.165) is 24.0 Å². The van der Waals surface area contributed by atoms with Crippen molar-refractivity contribution in [2.75, 3.05) is 31.5 Å². The highest BCUT2D eigenvalue weighted by atomic mass is 35.5. The summed E-state index contributed by atoms with van der Waals surface area (Å²) >= 11 is 6.08. The van der Waals surface area contributed by atoms with E-state index < -0.39 is 10.0 Å². The van der Waals surface area contributed by atoms with Crippen LogP contribution in [0.3, 0.4) is 0 Å². The number of benzene rings is 2. The summed E-state index contributed by atoms with van der Waals surface area (Å²) in [6.45, 7) is 6.94. The summed E-state index contributed by atoms with van der Waals surface area (Å²) in [6, 6.07) is 11.9. The van der Waals surface area contributed by atoms with Crippen LogP contribution in [-0.4, -0.2) is 49.5 Å². The molecule has 2 aromatic carbocycles. The molecule has 0 aliphatic rings. The lowest BCUT2D eigenvalue weighted by molar-refractivity contribution is 0.309. The maximum Gasteiger partial charge on any atom is 0.240 e. The molecule has 154 valence electrons. The Kier molecular flexibility index (Phi) is 7.02. The second-order valence-corrected chi connectivity index (χ2v) is 8.66. The Morgan fingerprint density at radius 2 is 1.76 bits per heavy atom. The second-order valence-electron chi connectivity index (χ2n) is 6.46. The van der Waals surface area contributed by atoms with Gasteiger partial charge in [0.25, 0.3) is 0 Å². The van der Waals surface area contributed by atoms with Crippen LogP contribution in [0.25, 0.3) is 10.9 Å². The minimum Gasteiger partial charge on any atom is -0.340 e. The molecule has 0 saturated carbocycles. The van der Waals surface area contributed by atoms with E-state index in [1.165, 1.54) is 6.33 Å². The van der Waals surface area contributed by atoms with E-state index in [-0.39, 0.29) is 4.90 Å². The highest BCUT2D eigenvalue weighted by Gasteiger charge is 2.14. The van der Waals surface area contributed by atoms with Crippen molar-refractivity contribution in [3.63, 3.8) is 0 Å². The van der Waals surface area contributed by atoms with Crippen molar-refractivity contribution in [1.29, 1.82) is 0 Å². The second kappa shape index (κ2) is 9.49. The lowest BCUT2D eigenvalue weighted by Crippen LogP contribution is -2.34. The third-order valence-electron chi connectivity index (χ3n) is 4.64. The minimum atomic E-state index is -3.55. The van der Waals surface area contributed by atoms with Gasteiger partial charge >= 0.3 is 0 Å². The molecule has 0 aliphatic heterocycles. The van der Waals surface area contributed by atoms with Gasteiger partial charge in [-0.1, -0.05) is 25.4 Å². The summed E-state index contributed by atoms with van der Waals surface area (Å²) in [7, 11) is -3.55. The Morgan fingerprint density at radius 3 is 2.45 bits per heavy atom. The average Bonchev–Trinajstić information content (AvgIpc) is 2.72. The van der Waals surface area contributed by atoms with Gasteiger partial charge in [-0.2, -0.15) is 0 Å². The molecule has 29 heavy (non-hydrogen) atoms. The highest BCUT2D eigenvalue weighted by Crippen LogP contribution is 2.26. The topological polar surface area (TPSA) is 87.2 Å². The number of anilines is 2. The van der Waals surface area contributed by atoms with Crippen molar-refractivity contribution >= 4 is 44.0 Å². The molecule has 0 radical (unpaired) electrons. The van der Waals surface area contributed by atoms with E-state index in [1.54, 1.807) is 36.4 Å². The number of fused-ring (bicyclic) bond motifs is 1. The number of nitrogens with zero attached hydrogens (tertiary/aromatic N) is 3. The fraction of sp³-hybridized carbons (Fsp3) is 0.300. The van der Waals surface area contributed by atoms with E-state index in [1.807, 2.05) is 6.07 Å². The summed E-state index contributed by atoms with van der Waals surface area (Å²) in [5, 5.41) is 4.57. The van der Waals surface area contributed by atoms with Crippen molar-refractivity contribution in [3.8, 4) is 0 Å². The van der Waals surface area contributed by atoms with Crippen LogP contribution in [0.1, 0.15) is 13.8 Å². The molecular formula is C20H24ClN5O2S. The van der Waals surface area contributed by atoms with E-state index in [9.17, 15) is 8.42 Å². The number of hydrogen-bond acceptors (Lipinski definition) is 6. The van der Waals surface area contributed by atoms with Gasteiger partial charge in [-0.05, 0) is 55.6 Å². The van der Waals surface area contributed by atoms with Crippen molar-refractivity contribution in [1.82, 2.24) is 19.6 Å². The van der Waals surface area contributed by atoms with Crippen LogP contribution in [0.2, 0.25) is 5.02 Å². The quantitative estimate of drug-likeness (QED) is 0.535. The van der Waals surface area contributed by atoms with Crippen molar-refractivity contribution in [3.05, 3.63) is 53.8 Å². The van der Waals surface area contributed by atoms with Gasteiger partial charge in [-0.3, -0.25) is 0 Å².